The molecule has 1 heterocycles. The molecule has 0 saturated carbocycles. The van der Waals surface area contributed by atoms with E-state index < -0.39 is 0 Å². The largest absolute Gasteiger partial charge is 0.811 e. The predicted molar refractivity (Wildman–Crippen MR) is 107 cm³/mol. The Bertz CT molecular complexity index is 736. The summed E-state index contributed by atoms with van der Waals surface area (Å²) in [6.45, 7) is 4.54. The molecule has 2 atom stereocenters. The van der Waals surface area contributed by atoms with Gasteiger partial charge in [-0.1, -0.05) is 50.3 Å². The quantitative estimate of drug-likeness (QED) is 0.695. The van der Waals surface area contributed by atoms with Crippen LogP contribution in [0, 0.1) is 5.92 Å². The van der Waals surface area contributed by atoms with E-state index in [0.29, 0.717) is 18.0 Å². The maximum atomic E-state index is 12.6. The topological polar surface area (TPSA) is 77.4 Å². The van der Waals surface area contributed by atoms with Crippen LogP contribution in [0.5, 0.6) is 0 Å². The zero-order chi connectivity index (χ0) is 18.2. The Morgan fingerprint density at radius 2 is 2.08 bits per heavy atom. The SMILES string of the molecule is CCC(C)/C(=C\C=[N-])c1cc(C(=O)NC(CN)c2ccccc2)cs1. The number of nitrogens with one attached hydrogen (secondary N) is 1. The third-order valence-corrected chi connectivity index (χ3v) is 5.27. The number of carbonyl (C=O) groups is 1. The summed E-state index contributed by atoms with van der Waals surface area (Å²) in [5.41, 5.74) is 8.47. The summed E-state index contributed by atoms with van der Waals surface area (Å²) in [6.07, 6.45) is 3.72. The summed E-state index contributed by atoms with van der Waals surface area (Å²) in [6, 6.07) is 11.4. The molecule has 0 radical (unpaired) electrons. The molecular weight excluding hydrogens is 330 g/mol. The number of nitrogens with zero attached hydrogens (tertiary/aromatic N) is 1. The van der Waals surface area contributed by atoms with E-state index in [0.717, 1.165) is 28.6 Å². The molecule has 0 spiro atoms. The smallest absolute Gasteiger partial charge is 0.252 e. The summed E-state index contributed by atoms with van der Waals surface area (Å²) in [5, 5.41) is 14.0. The van der Waals surface area contributed by atoms with Crippen LogP contribution in [0.2, 0.25) is 0 Å². The highest BCUT2D eigenvalue weighted by molar-refractivity contribution is 7.11. The minimum absolute atomic E-state index is 0.140. The van der Waals surface area contributed by atoms with Crippen molar-refractivity contribution in [2.45, 2.75) is 26.3 Å². The van der Waals surface area contributed by atoms with Crippen molar-refractivity contribution in [3.05, 3.63) is 69.3 Å². The van der Waals surface area contributed by atoms with E-state index in [1.165, 1.54) is 11.3 Å². The maximum absolute atomic E-state index is 12.6. The molecule has 2 unspecified atom stereocenters. The minimum atomic E-state index is -0.215. The number of hydrogen-bond acceptors (Lipinski definition) is 3. The van der Waals surface area contributed by atoms with Crippen LogP contribution in [-0.2, 0) is 0 Å². The molecule has 0 saturated heterocycles. The predicted octanol–water partition coefficient (Wildman–Crippen LogP) is 4.25. The van der Waals surface area contributed by atoms with Gasteiger partial charge in [0.25, 0.3) is 5.91 Å². The second-order valence-electron chi connectivity index (χ2n) is 5.95. The van der Waals surface area contributed by atoms with Crippen LogP contribution in [0.15, 0.2) is 47.9 Å². The molecular formula is C20H24N3OS-. The van der Waals surface area contributed by atoms with E-state index in [4.69, 9.17) is 11.1 Å². The van der Waals surface area contributed by atoms with Crippen LogP contribution < -0.4 is 11.1 Å². The Morgan fingerprint density at radius 1 is 1.36 bits per heavy atom. The second kappa shape index (κ2) is 9.30. The van der Waals surface area contributed by atoms with Crippen molar-refractivity contribution in [2.24, 2.45) is 11.7 Å². The van der Waals surface area contributed by atoms with Crippen molar-refractivity contribution >= 4 is 29.0 Å². The van der Waals surface area contributed by atoms with Crippen LogP contribution >= 0.6 is 11.3 Å². The van der Waals surface area contributed by atoms with E-state index in [1.54, 1.807) is 6.08 Å². The fourth-order valence-electron chi connectivity index (χ4n) is 2.60. The van der Waals surface area contributed by atoms with E-state index in [9.17, 15) is 4.79 Å². The van der Waals surface area contributed by atoms with Crippen molar-refractivity contribution in [3.63, 3.8) is 0 Å². The molecule has 4 nitrogen and oxygen atoms in total. The zero-order valence-electron chi connectivity index (χ0n) is 14.6. The third-order valence-electron chi connectivity index (χ3n) is 4.29. The van der Waals surface area contributed by atoms with Crippen molar-refractivity contribution < 1.29 is 4.79 Å². The Morgan fingerprint density at radius 3 is 2.68 bits per heavy atom. The average molecular weight is 354 g/mol. The molecule has 3 N–H and O–H groups in total. The van der Waals surface area contributed by atoms with Gasteiger partial charge in [0.1, 0.15) is 0 Å². The fraction of sp³-hybridized carbons (Fsp3) is 0.300. The van der Waals surface area contributed by atoms with Crippen molar-refractivity contribution in [3.8, 4) is 0 Å². The summed E-state index contributed by atoms with van der Waals surface area (Å²) >= 11 is 1.51. The highest BCUT2D eigenvalue weighted by Crippen LogP contribution is 2.30. The number of allylic oxidation sites excluding steroid dienone is 2. The highest BCUT2D eigenvalue weighted by Gasteiger charge is 2.17. The number of benzene rings is 1. The van der Waals surface area contributed by atoms with Gasteiger partial charge in [0.2, 0.25) is 0 Å². The molecule has 25 heavy (non-hydrogen) atoms. The van der Waals surface area contributed by atoms with E-state index in [-0.39, 0.29) is 11.9 Å². The summed E-state index contributed by atoms with van der Waals surface area (Å²) in [5.74, 6) is 0.164. The van der Waals surface area contributed by atoms with E-state index in [2.05, 4.69) is 19.2 Å². The van der Waals surface area contributed by atoms with Crippen LogP contribution in [0.25, 0.3) is 11.0 Å². The number of nitrogens with two attached hydrogens (primary N) is 1. The minimum Gasteiger partial charge on any atom is -0.811 e. The first-order valence-corrected chi connectivity index (χ1v) is 9.31. The van der Waals surface area contributed by atoms with Gasteiger partial charge in [-0.15, -0.1) is 11.3 Å². The van der Waals surface area contributed by atoms with Gasteiger partial charge >= 0.3 is 0 Å². The second-order valence-corrected chi connectivity index (χ2v) is 6.86. The lowest BCUT2D eigenvalue weighted by Gasteiger charge is -2.17. The van der Waals surface area contributed by atoms with Crippen molar-refractivity contribution in [1.82, 2.24) is 5.32 Å². The molecule has 132 valence electrons. The fourth-order valence-corrected chi connectivity index (χ4v) is 3.63. The summed E-state index contributed by atoms with van der Waals surface area (Å²) in [7, 11) is 0. The third kappa shape index (κ3) is 4.87. The molecule has 2 aromatic rings. The van der Waals surface area contributed by atoms with Gasteiger partial charge in [0.15, 0.2) is 0 Å². The normalized spacial score (nSPS) is 14.0. The monoisotopic (exact) mass is 354 g/mol. The average Bonchev–Trinajstić information content (AvgIpc) is 3.14. The first-order chi connectivity index (χ1) is 12.1. The van der Waals surface area contributed by atoms with Gasteiger partial charge in [-0.3, -0.25) is 4.79 Å². The maximum Gasteiger partial charge on any atom is 0.252 e. The zero-order valence-corrected chi connectivity index (χ0v) is 15.4. The lowest BCUT2D eigenvalue weighted by Crippen LogP contribution is -2.33. The molecule has 1 aromatic carbocycles. The Kier molecular flexibility index (Phi) is 7.10. The van der Waals surface area contributed by atoms with Gasteiger partial charge in [0, 0.05) is 16.8 Å². The number of hydrogen-bond donors (Lipinski definition) is 2. The van der Waals surface area contributed by atoms with Crippen molar-refractivity contribution in [1.29, 1.82) is 0 Å². The molecule has 0 aliphatic heterocycles. The lowest BCUT2D eigenvalue weighted by atomic mass is 9.96. The van der Waals surface area contributed by atoms with Crippen LogP contribution in [0.1, 0.15) is 47.1 Å². The van der Waals surface area contributed by atoms with E-state index >= 15 is 0 Å². The Labute approximate surface area is 153 Å². The molecule has 0 aliphatic carbocycles. The molecule has 1 amide bonds. The molecule has 0 bridgehead atoms. The molecule has 1 aromatic heterocycles. The Balaban J connectivity index is 2.17. The highest BCUT2D eigenvalue weighted by atomic mass is 32.1. The number of carbonyl (C=O) groups excluding carboxylic acids is 1. The standard InChI is InChI=1S/C20H24N3OS/c1-3-14(2)17(9-10-21)19-11-16(13-25-19)20(24)23-18(12-22)15-7-5-4-6-8-15/h4-11,13-14,18H,3,12,22H2,1-2H3,(H,23,24)/q-1/b17-9+. The number of thiophene rings is 1. The summed E-state index contributed by atoms with van der Waals surface area (Å²) in [4.78, 5) is 13.6. The van der Waals surface area contributed by atoms with Crippen LogP contribution in [0.3, 0.4) is 0 Å². The number of amides is 1. The molecule has 2 rings (SSSR count). The van der Waals surface area contributed by atoms with Gasteiger partial charge in [0.05, 0.1) is 11.6 Å². The van der Waals surface area contributed by atoms with Gasteiger partial charge in [-0.2, -0.15) is 6.21 Å². The van der Waals surface area contributed by atoms with Crippen molar-refractivity contribution in [2.75, 3.05) is 6.54 Å². The molecule has 0 fully saturated rings. The lowest BCUT2D eigenvalue weighted by molar-refractivity contribution is 0.0938. The van der Waals surface area contributed by atoms with Gasteiger partial charge in [-0.05, 0) is 29.5 Å². The van der Waals surface area contributed by atoms with Gasteiger partial charge in [-0.25, -0.2) is 0 Å². The molecule has 0 aliphatic rings. The van der Waals surface area contributed by atoms with Crippen LogP contribution in [0.4, 0.5) is 0 Å². The Hall–Kier alpha value is -2.24. The first kappa shape index (κ1) is 19.1. The first-order valence-electron chi connectivity index (χ1n) is 8.43. The number of rotatable bonds is 8. The van der Waals surface area contributed by atoms with E-state index in [1.807, 2.05) is 41.8 Å². The summed E-state index contributed by atoms with van der Waals surface area (Å²) < 4.78 is 0. The molecule has 5 heteroatoms. The van der Waals surface area contributed by atoms with Gasteiger partial charge < -0.3 is 16.5 Å². The van der Waals surface area contributed by atoms with Crippen LogP contribution in [-0.4, -0.2) is 18.7 Å².